The highest BCUT2D eigenvalue weighted by Gasteiger charge is 2.45. The van der Waals surface area contributed by atoms with Gasteiger partial charge in [0.05, 0.1) is 20.3 Å². The molecule has 0 aliphatic carbocycles. The van der Waals surface area contributed by atoms with Gasteiger partial charge in [-0.05, 0) is 29.8 Å². The Labute approximate surface area is 260 Å². The molecule has 6 rings (SSSR count). The minimum absolute atomic E-state index is 0.118. The summed E-state index contributed by atoms with van der Waals surface area (Å²) in [7, 11) is 1.37. The highest BCUT2D eigenvalue weighted by atomic mass is 16.7. The van der Waals surface area contributed by atoms with Crippen LogP contribution in [-0.2, 0) is 9.47 Å². The summed E-state index contributed by atoms with van der Waals surface area (Å²) in [5.41, 5.74) is 0.509. The standard InChI is InChI=1S/C31H32O15/c1-41-18-6-12(2-4-15(18)34)29-22(11-42-31-28(40)26(38)24(36)21(10-32)46-31)43-17-5-3-13(7-19(17)44-29)30-27(39)25(37)23-16(35)8-14(33)9-20(23)45-30/h2-9,21-22,24,26-36,38-40H,10-11H2,1H3/t21-,22+,24-,26+,27+,28-,29+,30-,31-/m1/s1. The zero-order valence-electron chi connectivity index (χ0n) is 24.2. The lowest BCUT2D eigenvalue weighted by molar-refractivity contribution is -0.305. The van der Waals surface area contributed by atoms with Crippen molar-refractivity contribution in [1.82, 2.24) is 0 Å². The van der Waals surface area contributed by atoms with Gasteiger partial charge >= 0.3 is 0 Å². The molecule has 0 spiro atoms. The lowest BCUT2D eigenvalue weighted by atomic mass is 9.92. The van der Waals surface area contributed by atoms with Crippen molar-refractivity contribution >= 4 is 5.78 Å². The van der Waals surface area contributed by atoms with E-state index in [1.54, 1.807) is 6.07 Å². The summed E-state index contributed by atoms with van der Waals surface area (Å²) >= 11 is 0. The van der Waals surface area contributed by atoms with Crippen molar-refractivity contribution in [3.05, 3.63) is 65.2 Å². The minimum Gasteiger partial charge on any atom is -0.508 e. The number of methoxy groups -OCH3 is 1. The third-order valence-corrected chi connectivity index (χ3v) is 8.09. The Morgan fingerprint density at radius 1 is 0.739 bits per heavy atom. The molecule has 246 valence electrons. The lowest BCUT2D eigenvalue weighted by Crippen LogP contribution is -2.59. The molecule has 15 heteroatoms. The number of hydrogen-bond donors (Lipinski definition) is 8. The molecule has 8 N–H and O–H groups in total. The van der Waals surface area contributed by atoms with Crippen molar-refractivity contribution in [3.63, 3.8) is 0 Å². The molecule has 0 unspecified atom stereocenters. The number of carbonyl (C=O) groups excluding carboxylic acids is 1. The Kier molecular flexibility index (Phi) is 8.56. The first-order valence-corrected chi connectivity index (χ1v) is 14.2. The van der Waals surface area contributed by atoms with E-state index >= 15 is 0 Å². The molecule has 0 aromatic heterocycles. The third kappa shape index (κ3) is 5.62. The maximum absolute atomic E-state index is 12.9. The Balaban J connectivity index is 1.30. The first-order valence-electron chi connectivity index (χ1n) is 14.2. The van der Waals surface area contributed by atoms with Crippen molar-refractivity contribution in [2.24, 2.45) is 0 Å². The fourth-order valence-electron chi connectivity index (χ4n) is 5.66. The SMILES string of the molecule is COc1cc([C@@H]2Oc3cc([C@H]4Oc5cc(O)cc(O)c5C(=O)[C@@H]4O)ccc3O[C@H]2CO[C@@H]2O[C@H](CO)[C@@H](O)[C@H](O)[C@H]2O)ccc1O. The van der Waals surface area contributed by atoms with E-state index in [4.69, 9.17) is 28.4 Å². The summed E-state index contributed by atoms with van der Waals surface area (Å²) in [6.07, 6.45) is -12.3. The quantitative estimate of drug-likeness (QED) is 0.171. The molecule has 1 saturated heterocycles. The van der Waals surface area contributed by atoms with Gasteiger partial charge in [-0.2, -0.15) is 0 Å². The number of benzene rings is 3. The number of fused-ring (bicyclic) bond motifs is 2. The van der Waals surface area contributed by atoms with E-state index in [0.717, 1.165) is 12.1 Å². The van der Waals surface area contributed by atoms with Crippen molar-refractivity contribution in [1.29, 1.82) is 0 Å². The number of hydrogen-bond acceptors (Lipinski definition) is 15. The Bertz CT molecular complexity index is 1610. The second kappa shape index (κ2) is 12.4. The summed E-state index contributed by atoms with van der Waals surface area (Å²) in [4.78, 5) is 12.9. The summed E-state index contributed by atoms with van der Waals surface area (Å²) in [5.74, 6) is -1.41. The van der Waals surface area contributed by atoms with Gasteiger partial charge in [0.15, 0.2) is 53.7 Å². The van der Waals surface area contributed by atoms with Gasteiger partial charge < -0.3 is 69.3 Å². The van der Waals surface area contributed by atoms with Gasteiger partial charge in [-0.15, -0.1) is 0 Å². The summed E-state index contributed by atoms with van der Waals surface area (Å²) in [5, 5.41) is 81.2. The first kappa shape index (κ1) is 31.6. The van der Waals surface area contributed by atoms with Crippen LogP contribution >= 0.6 is 0 Å². The molecule has 3 aromatic rings. The van der Waals surface area contributed by atoms with E-state index in [2.05, 4.69) is 0 Å². The van der Waals surface area contributed by atoms with E-state index in [1.807, 2.05) is 0 Å². The number of aliphatic hydroxyl groups excluding tert-OH is 5. The second-order valence-corrected chi connectivity index (χ2v) is 11.0. The molecule has 3 aromatic carbocycles. The lowest BCUT2D eigenvalue weighted by Gasteiger charge is -2.41. The highest BCUT2D eigenvalue weighted by Crippen LogP contribution is 2.46. The van der Waals surface area contributed by atoms with Crippen molar-refractivity contribution in [2.75, 3.05) is 20.3 Å². The van der Waals surface area contributed by atoms with Crippen LogP contribution in [-0.4, -0.2) is 110 Å². The van der Waals surface area contributed by atoms with Gasteiger partial charge in [-0.1, -0.05) is 12.1 Å². The predicted octanol–water partition coefficient (Wildman–Crippen LogP) is 0.187. The van der Waals surface area contributed by atoms with Crippen molar-refractivity contribution in [2.45, 2.75) is 55.1 Å². The van der Waals surface area contributed by atoms with E-state index in [9.17, 15) is 45.6 Å². The summed E-state index contributed by atoms with van der Waals surface area (Å²) < 4.78 is 34.8. The van der Waals surface area contributed by atoms with Crippen molar-refractivity contribution in [3.8, 4) is 40.2 Å². The molecule has 1 fully saturated rings. The third-order valence-electron chi connectivity index (χ3n) is 8.09. The van der Waals surface area contributed by atoms with Crippen LogP contribution in [0.25, 0.3) is 0 Å². The topological polar surface area (TPSA) is 234 Å². The molecular formula is C31H32O15. The van der Waals surface area contributed by atoms with Gasteiger partial charge in [-0.25, -0.2) is 0 Å². The number of aromatic hydroxyl groups is 3. The molecular weight excluding hydrogens is 612 g/mol. The monoisotopic (exact) mass is 644 g/mol. The van der Waals surface area contributed by atoms with Gasteiger partial charge in [0.1, 0.15) is 47.2 Å². The van der Waals surface area contributed by atoms with Gasteiger partial charge in [-0.3, -0.25) is 4.79 Å². The first-order chi connectivity index (χ1) is 22.0. The smallest absolute Gasteiger partial charge is 0.202 e. The molecule has 0 saturated carbocycles. The number of ketones is 1. The van der Waals surface area contributed by atoms with Crippen LogP contribution < -0.4 is 18.9 Å². The Morgan fingerprint density at radius 2 is 1.46 bits per heavy atom. The Morgan fingerprint density at radius 3 is 2.20 bits per heavy atom. The number of ether oxygens (including phenoxy) is 6. The van der Waals surface area contributed by atoms with E-state index in [1.165, 1.54) is 37.4 Å². The second-order valence-electron chi connectivity index (χ2n) is 11.0. The largest absolute Gasteiger partial charge is 0.508 e. The zero-order chi connectivity index (χ0) is 32.9. The normalized spacial score (nSPS) is 30.3. The summed E-state index contributed by atoms with van der Waals surface area (Å²) in [6, 6.07) is 11.1. The van der Waals surface area contributed by atoms with E-state index in [0.29, 0.717) is 11.1 Å². The van der Waals surface area contributed by atoms with Gasteiger partial charge in [0.2, 0.25) is 5.78 Å². The molecule has 3 aliphatic rings. The predicted molar refractivity (Wildman–Crippen MR) is 152 cm³/mol. The van der Waals surface area contributed by atoms with Gasteiger partial charge in [0.25, 0.3) is 0 Å². The van der Waals surface area contributed by atoms with E-state index in [-0.39, 0.29) is 46.7 Å². The molecule has 9 atom stereocenters. The molecule has 0 radical (unpaired) electrons. The molecule has 15 nitrogen and oxygen atoms in total. The van der Waals surface area contributed by atoms with E-state index < -0.39 is 73.3 Å². The fraction of sp³-hybridized carbons (Fsp3) is 0.387. The number of rotatable bonds is 7. The number of phenols is 3. The maximum Gasteiger partial charge on any atom is 0.202 e. The molecule has 0 bridgehead atoms. The van der Waals surface area contributed by atoms with Crippen LogP contribution in [0.5, 0.6) is 40.2 Å². The van der Waals surface area contributed by atoms with Crippen LogP contribution in [0, 0.1) is 0 Å². The highest BCUT2D eigenvalue weighted by molar-refractivity contribution is 6.05. The average molecular weight is 645 g/mol. The molecule has 3 aliphatic heterocycles. The van der Waals surface area contributed by atoms with Crippen LogP contribution in [0.1, 0.15) is 33.7 Å². The summed E-state index contributed by atoms with van der Waals surface area (Å²) in [6.45, 7) is -0.932. The molecule has 46 heavy (non-hydrogen) atoms. The van der Waals surface area contributed by atoms with Crippen LogP contribution in [0.3, 0.4) is 0 Å². The number of aliphatic hydroxyl groups is 5. The van der Waals surface area contributed by atoms with Crippen LogP contribution in [0.2, 0.25) is 0 Å². The maximum atomic E-state index is 12.9. The van der Waals surface area contributed by atoms with Crippen molar-refractivity contribution < 1.29 is 74.1 Å². The van der Waals surface area contributed by atoms with Crippen LogP contribution in [0.15, 0.2) is 48.5 Å². The average Bonchev–Trinajstić information content (AvgIpc) is 3.04. The molecule has 0 amide bonds. The van der Waals surface area contributed by atoms with Gasteiger partial charge in [0, 0.05) is 17.7 Å². The zero-order valence-corrected chi connectivity index (χ0v) is 24.2. The Hall–Kier alpha value is -4.35. The number of Topliss-reactive ketones (excluding diaryl/α,β-unsaturated/α-hetero) is 1. The molecule has 3 heterocycles. The number of phenolic OH excluding ortho intramolecular Hbond substituents is 3. The fourth-order valence-corrected chi connectivity index (χ4v) is 5.66. The van der Waals surface area contributed by atoms with Crippen LogP contribution in [0.4, 0.5) is 0 Å². The minimum atomic E-state index is -1.71. The number of carbonyl (C=O) groups is 1.